The van der Waals surface area contributed by atoms with Crippen molar-refractivity contribution in [2.24, 2.45) is 0 Å². The number of rotatable bonds is 9. The summed E-state index contributed by atoms with van der Waals surface area (Å²) >= 11 is 2.55. The predicted octanol–water partition coefficient (Wildman–Crippen LogP) is 3.23. The average Bonchev–Trinajstić information content (AvgIpc) is 3.11. The Balaban J connectivity index is 1.95. The van der Waals surface area contributed by atoms with Crippen LogP contribution in [0.3, 0.4) is 0 Å². The van der Waals surface area contributed by atoms with E-state index in [-0.39, 0.29) is 22.9 Å². The number of carbonyl (C=O) groups is 2. The van der Waals surface area contributed by atoms with Gasteiger partial charge < -0.3 is 9.47 Å². The second kappa shape index (κ2) is 10.1. The van der Waals surface area contributed by atoms with E-state index in [1.165, 1.54) is 23.1 Å². The van der Waals surface area contributed by atoms with Crippen LogP contribution in [-0.4, -0.2) is 46.8 Å². The Morgan fingerprint density at radius 1 is 1.23 bits per heavy atom. The number of hydrogen-bond donors (Lipinski definition) is 1. The molecular weight excluding hydrogens is 374 g/mol. The molecular formula is C17H21N3O4S2. The van der Waals surface area contributed by atoms with Gasteiger partial charge in [-0.05, 0) is 37.6 Å². The Morgan fingerprint density at radius 3 is 2.58 bits per heavy atom. The molecule has 26 heavy (non-hydrogen) atoms. The fourth-order valence-electron chi connectivity index (χ4n) is 2.06. The first-order valence-corrected chi connectivity index (χ1v) is 9.99. The number of benzene rings is 1. The topological polar surface area (TPSA) is 90.4 Å². The summed E-state index contributed by atoms with van der Waals surface area (Å²) in [5.41, 5.74) is 0.896. The van der Waals surface area contributed by atoms with Crippen molar-refractivity contribution in [1.82, 2.24) is 10.2 Å². The number of ether oxygens (including phenoxy) is 2. The maximum atomic E-state index is 12.4. The number of amides is 1. The first-order valence-electron chi connectivity index (χ1n) is 8.13. The third-order valence-electron chi connectivity index (χ3n) is 3.36. The lowest BCUT2D eigenvalue weighted by molar-refractivity contribution is -0.139. The Kier molecular flexibility index (Phi) is 7.86. The van der Waals surface area contributed by atoms with E-state index in [0.29, 0.717) is 23.2 Å². The van der Waals surface area contributed by atoms with Gasteiger partial charge >= 0.3 is 5.97 Å². The van der Waals surface area contributed by atoms with Crippen LogP contribution in [0.1, 0.15) is 20.3 Å². The van der Waals surface area contributed by atoms with Crippen molar-refractivity contribution < 1.29 is 19.1 Å². The Labute approximate surface area is 160 Å². The molecule has 1 heterocycles. The van der Waals surface area contributed by atoms with E-state index in [2.05, 4.69) is 15.5 Å². The second-order valence-electron chi connectivity index (χ2n) is 5.14. The van der Waals surface area contributed by atoms with E-state index in [1.807, 2.05) is 31.2 Å². The molecule has 1 amide bonds. The molecule has 2 rings (SSSR count). The summed E-state index contributed by atoms with van der Waals surface area (Å²) in [5, 5.41) is 11.7. The van der Waals surface area contributed by atoms with E-state index in [4.69, 9.17) is 9.47 Å². The minimum absolute atomic E-state index is 0.146. The molecule has 0 fully saturated rings. The monoisotopic (exact) mass is 395 g/mol. The second-order valence-corrected chi connectivity index (χ2v) is 7.31. The first-order chi connectivity index (χ1) is 12.6. The van der Waals surface area contributed by atoms with Gasteiger partial charge in [0.05, 0.1) is 24.7 Å². The van der Waals surface area contributed by atoms with Gasteiger partial charge in [0.1, 0.15) is 10.8 Å². The third-order valence-corrected chi connectivity index (χ3v) is 5.60. The summed E-state index contributed by atoms with van der Waals surface area (Å²) in [6, 6.07) is 7.45. The van der Waals surface area contributed by atoms with Crippen LogP contribution < -0.4 is 10.1 Å². The van der Waals surface area contributed by atoms with Gasteiger partial charge in [-0.3, -0.25) is 14.9 Å². The van der Waals surface area contributed by atoms with Gasteiger partial charge in [-0.2, -0.15) is 0 Å². The van der Waals surface area contributed by atoms with Gasteiger partial charge in [0.2, 0.25) is 11.0 Å². The molecule has 0 saturated heterocycles. The number of esters is 1. The van der Waals surface area contributed by atoms with Crippen LogP contribution in [0.15, 0.2) is 24.3 Å². The molecule has 0 spiro atoms. The van der Waals surface area contributed by atoms with Crippen molar-refractivity contribution in [3.63, 3.8) is 0 Å². The fourth-order valence-corrected chi connectivity index (χ4v) is 3.68. The standard InChI is InChI=1S/C17H21N3O4S2/c1-4-13(25-10-14(21)24-5-2)15(22)18-17-20-19-16(26-17)11-6-8-12(23-3)9-7-11/h6-9,13H,4-5,10H2,1-3H3,(H,18,20,22)/t13-/m1/s1. The molecule has 1 N–H and O–H groups in total. The zero-order valence-corrected chi connectivity index (χ0v) is 16.5. The van der Waals surface area contributed by atoms with Crippen LogP contribution in [0.4, 0.5) is 5.13 Å². The third kappa shape index (κ3) is 5.70. The number of aromatic nitrogens is 2. The summed E-state index contributed by atoms with van der Waals surface area (Å²) in [7, 11) is 1.61. The molecule has 1 atom stereocenters. The van der Waals surface area contributed by atoms with E-state index >= 15 is 0 Å². The Hall–Kier alpha value is -2.13. The molecule has 0 aliphatic carbocycles. The number of anilines is 1. The number of nitrogens with one attached hydrogen (secondary N) is 1. The molecule has 0 bridgehead atoms. The fraction of sp³-hybridized carbons (Fsp3) is 0.412. The molecule has 0 saturated carbocycles. The highest BCUT2D eigenvalue weighted by Gasteiger charge is 2.20. The lowest BCUT2D eigenvalue weighted by Gasteiger charge is -2.12. The van der Waals surface area contributed by atoms with Crippen LogP contribution in [0, 0.1) is 0 Å². The van der Waals surface area contributed by atoms with E-state index < -0.39 is 0 Å². The highest BCUT2D eigenvalue weighted by molar-refractivity contribution is 8.01. The molecule has 140 valence electrons. The molecule has 0 unspecified atom stereocenters. The first kappa shape index (κ1) is 20.2. The van der Waals surface area contributed by atoms with Gasteiger partial charge in [0, 0.05) is 5.56 Å². The smallest absolute Gasteiger partial charge is 0.315 e. The molecule has 9 heteroatoms. The van der Waals surface area contributed by atoms with Crippen molar-refractivity contribution in [3.8, 4) is 16.3 Å². The Bertz CT molecular complexity index is 734. The quantitative estimate of drug-likeness (QED) is 0.652. The van der Waals surface area contributed by atoms with Gasteiger partial charge in [-0.25, -0.2) is 0 Å². The predicted molar refractivity (Wildman–Crippen MR) is 104 cm³/mol. The van der Waals surface area contributed by atoms with Crippen LogP contribution >= 0.6 is 23.1 Å². The molecule has 2 aromatic rings. The van der Waals surface area contributed by atoms with Gasteiger partial charge in [0.15, 0.2) is 0 Å². The summed E-state index contributed by atoms with van der Waals surface area (Å²) < 4.78 is 10.0. The average molecular weight is 396 g/mol. The van der Waals surface area contributed by atoms with Crippen LogP contribution in [0.5, 0.6) is 5.75 Å². The van der Waals surface area contributed by atoms with Crippen LogP contribution in [-0.2, 0) is 14.3 Å². The number of hydrogen-bond acceptors (Lipinski definition) is 8. The zero-order chi connectivity index (χ0) is 18.9. The van der Waals surface area contributed by atoms with Crippen molar-refractivity contribution >= 4 is 40.1 Å². The highest BCUT2D eigenvalue weighted by atomic mass is 32.2. The molecule has 0 radical (unpaired) electrons. The molecule has 0 aliphatic rings. The van der Waals surface area contributed by atoms with E-state index in [9.17, 15) is 9.59 Å². The lowest BCUT2D eigenvalue weighted by atomic mass is 10.2. The van der Waals surface area contributed by atoms with E-state index in [1.54, 1.807) is 14.0 Å². The van der Waals surface area contributed by atoms with Crippen molar-refractivity contribution in [2.75, 3.05) is 24.8 Å². The minimum Gasteiger partial charge on any atom is -0.497 e. The summed E-state index contributed by atoms with van der Waals surface area (Å²) in [6.07, 6.45) is 0.597. The largest absolute Gasteiger partial charge is 0.497 e. The molecule has 0 aliphatic heterocycles. The summed E-state index contributed by atoms with van der Waals surface area (Å²) in [6.45, 7) is 3.98. The minimum atomic E-state index is -0.354. The van der Waals surface area contributed by atoms with Gasteiger partial charge in [-0.1, -0.05) is 18.3 Å². The lowest BCUT2D eigenvalue weighted by Crippen LogP contribution is -2.26. The van der Waals surface area contributed by atoms with Gasteiger partial charge in [0.25, 0.3) is 0 Å². The number of nitrogens with zero attached hydrogens (tertiary/aromatic N) is 2. The van der Waals surface area contributed by atoms with Crippen molar-refractivity contribution in [3.05, 3.63) is 24.3 Å². The maximum absolute atomic E-state index is 12.4. The van der Waals surface area contributed by atoms with Crippen LogP contribution in [0.25, 0.3) is 10.6 Å². The maximum Gasteiger partial charge on any atom is 0.315 e. The highest BCUT2D eigenvalue weighted by Crippen LogP contribution is 2.28. The normalized spacial score (nSPS) is 11.7. The molecule has 1 aromatic heterocycles. The number of carbonyl (C=O) groups excluding carboxylic acids is 2. The number of thioether (sulfide) groups is 1. The summed E-state index contributed by atoms with van der Waals surface area (Å²) in [4.78, 5) is 23.8. The Morgan fingerprint density at radius 2 is 1.96 bits per heavy atom. The molecule has 1 aromatic carbocycles. The van der Waals surface area contributed by atoms with Crippen molar-refractivity contribution in [2.45, 2.75) is 25.5 Å². The van der Waals surface area contributed by atoms with Gasteiger partial charge in [-0.15, -0.1) is 22.0 Å². The SMILES string of the molecule is CCOC(=O)CS[C@H](CC)C(=O)Nc1nnc(-c2ccc(OC)cc2)s1. The summed E-state index contributed by atoms with van der Waals surface area (Å²) in [5.74, 6) is 0.393. The van der Waals surface area contributed by atoms with Crippen molar-refractivity contribution in [1.29, 1.82) is 0 Å². The molecule has 7 nitrogen and oxygen atoms in total. The number of methoxy groups -OCH3 is 1. The van der Waals surface area contributed by atoms with E-state index in [0.717, 1.165) is 11.3 Å². The van der Waals surface area contributed by atoms with Crippen LogP contribution in [0.2, 0.25) is 0 Å². The zero-order valence-electron chi connectivity index (χ0n) is 14.9.